The van der Waals surface area contributed by atoms with E-state index in [1.165, 1.54) is 23.1 Å². The summed E-state index contributed by atoms with van der Waals surface area (Å²) >= 11 is 0. The third kappa shape index (κ3) is 4.75. The SMILES string of the molecule is CCCCN(C)C(=O)CNc1ccccc1C(F)(F)F. The number of para-hydroxylation sites is 1. The van der Waals surface area contributed by atoms with E-state index in [1.807, 2.05) is 6.92 Å². The Morgan fingerprint density at radius 1 is 1.30 bits per heavy atom. The lowest BCUT2D eigenvalue weighted by molar-refractivity contribution is -0.137. The molecule has 1 rings (SSSR count). The van der Waals surface area contributed by atoms with E-state index < -0.39 is 11.7 Å². The summed E-state index contributed by atoms with van der Waals surface area (Å²) in [6.45, 7) is 2.47. The molecule has 0 heterocycles. The number of alkyl halides is 3. The Kier molecular flexibility index (Phi) is 5.85. The van der Waals surface area contributed by atoms with Gasteiger partial charge in [-0.15, -0.1) is 0 Å². The Labute approximate surface area is 116 Å². The largest absolute Gasteiger partial charge is 0.418 e. The molecule has 0 saturated carbocycles. The van der Waals surface area contributed by atoms with Crippen molar-refractivity contribution in [2.45, 2.75) is 25.9 Å². The first-order valence-corrected chi connectivity index (χ1v) is 6.50. The van der Waals surface area contributed by atoms with Crippen LogP contribution >= 0.6 is 0 Å². The highest BCUT2D eigenvalue weighted by Gasteiger charge is 2.33. The molecule has 1 aromatic rings. The van der Waals surface area contributed by atoms with Crippen molar-refractivity contribution in [2.24, 2.45) is 0 Å². The van der Waals surface area contributed by atoms with Gasteiger partial charge in [-0.3, -0.25) is 4.79 Å². The monoisotopic (exact) mass is 288 g/mol. The molecule has 1 aromatic carbocycles. The number of hydrogen-bond acceptors (Lipinski definition) is 2. The number of amides is 1. The van der Waals surface area contributed by atoms with Gasteiger partial charge in [0.25, 0.3) is 0 Å². The first-order valence-electron chi connectivity index (χ1n) is 6.50. The molecule has 6 heteroatoms. The van der Waals surface area contributed by atoms with Crippen LogP contribution in [-0.4, -0.2) is 30.9 Å². The minimum absolute atomic E-state index is 0.0720. The Hall–Kier alpha value is -1.72. The van der Waals surface area contributed by atoms with Crippen molar-refractivity contribution >= 4 is 11.6 Å². The summed E-state index contributed by atoms with van der Waals surface area (Å²) < 4.78 is 38.3. The fraction of sp³-hybridized carbons (Fsp3) is 0.500. The average molecular weight is 288 g/mol. The summed E-state index contributed by atoms with van der Waals surface area (Å²) in [5, 5.41) is 2.57. The Bertz CT molecular complexity index is 446. The molecule has 0 saturated heterocycles. The van der Waals surface area contributed by atoms with Crippen LogP contribution < -0.4 is 5.32 Å². The molecule has 0 aromatic heterocycles. The van der Waals surface area contributed by atoms with Crippen LogP contribution in [0, 0.1) is 0 Å². The third-order valence-corrected chi connectivity index (χ3v) is 2.94. The number of anilines is 1. The second-order valence-corrected chi connectivity index (χ2v) is 4.57. The number of carbonyl (C=O) groups is 1. The molecule has 0 fully saturated rings. The maximum atomic E-state index is 12.8. The molecule has 112 valence electrons. The number of carbonyl (C=O) groups excluding carboxylic acids is 1. The maximum absolute atomic E-state index is 12.8. The predicted molar refractivity (Wildman–Crippen MR) is 72.5 cm³/mol. The van der Waals surface area contributed by atoms with Crippen molar-refractivity contribution in [3.8, 4) is 0 Å². The van der Waals surface area contributed by atoms with Gasteiger partial charge in [-0.05, 0) is 18.6 Å². The van der Waals surface area contributed by atoms with Crippen molar-refractivity contribution in [1.82, 2.24) is 4.90 Å². The fourth-order valence-electron chi connectivity index (χ4n) is 1.71. The lowest BCUT2D eigenvalue weighted by Crippen LogP contribution is -2.33. The van der Waals surface area contributed by atoms with Crippen LogP contribution in [0.15, 0.2) is 24.3 Å². The fourth-order valence-corrected chi connectivity index (χ4v) is 1.71. The zero-order chi connectivity index (χ0) is 15.2. The van der Waals surface area contributed by atoms with Crippen molar-refractivity contribution < 1.29 is 18.0 Å². The summed E-state index contributed by atoms with van der Waals surface area (Å²) in [4.78, 5) is 13.3. The molecular weight excluding hydrogens is 269 g/mol. The van der Waals surface area contributed by atoms with E-state index in [9.17, 15) is 18.0 Å². The van der Waals surface area contributed by atoms with E-state index in [0.717, 1.165) is 18.9 Å². The molecule has 0 aliphatic carbocycles. The maximum Gasteiger partial charge on any atom is 0.418 e. The average Bonchev–Trinajstić information content (AvgIpc) is 2.41. The molecule has 20 heavy (non-hydrogen) atoms. The molecular formula is C14H19F3N2O. The van der Waals surface area contributed by atoms with Gasteiger partial charge in [0.2, 0.25) is 5.91 Å². The van der Waals surface area contributed by atoms with Gasteiger partial charge in [-0.25, -0.2) is 0 Å². The number of nitrogens with one attached hydrogen (secondary N) is 1. The van der Waals surface area contributed by atoms with E-state index in [4.69, 9.17) is 0 Å². The van der Waals surface area contributed by atoms with E-state index in [0.29, 0.717) is 6.54 Å². The molecule has 0 aliphatic heterocycles. The number of rotatable bonds is 6. The van der Waals surface area contributed by atoms with Crippen LogP contribution in [0.2, 0.25) is 0 Å². The summed E-state index contributed by atoms with van der Waals surface area (Å²) in [7, 11) is 1.65. The predicted octanol–water partition coefficient (Wildman–Crippen LogP) is 3.38. The second kappa shape index (κ2) is 7.17. The van der Waals surface area contributed by atoms with Gasteiger partial charge in [-0.2, -0.15) is 13.2 Å². The van der Waals surface area contributed by atoms with Gasteiger partial charge in [-0.1, -0.05) is 25.5 Å². The Morgan fingerprint density at radius 3 is 2.55 bits per heavy atom. The number of hydrogen-bond donors (Lipinski definition) is 1. The van der Waals surface area contributed by atoms with Crippen LogP contribution in [0.4, 0.5) is 18.9 Å². The number of likely N-dealkylation sites (N-methyl/N-ethyl adjacent to an activating group) is 1. The van der Waals surface area contributed by atoms with Crippen molar-refractivity contribution in [3.63, 3.8) is 0 Å². The highest BCUT2D eigenvalue weighted by atomic mass is 19.4. The third-order valence-electron chi connectivity index (χ3n) is 2.94. The van der Waals surface area contributed by atoms with Crippen molar-refractivity contribution in [1.29, 1.82) is 0 Å². The minimum Gasteiger partial charge on any atom is -0.376 e. The number of benzene rings is 1. The summed E-state index contributed by atoms with van der Waals surface area (Å²) in [5.74, 6) is -0.226. The molecule has 0 unspecified atom stereocenters. The smallest absolute Gasteiger partial charge is 0.376 e. The van der Waals surface area contributed by atoms with E-state index in [-0.39, 0.29) is 18.1 Å². The first kappa shape index (κ1) is 16.3. The molecule has 0 atom stereocenters. The van der Waals surface area contributed by atoms with Gasteiger partial charge in [0.1, 0.15) is 0 Å². The molecule has 1 amide bonds. The van der Waals surface area contributed by atoms with E-state index in [2.05, 4.69) is 5.32 Å². The van der Waals surface area contributed by atoms with E-state index in [1.54, 1.807) is 7.05 Å². The van der Waals surface area contributed by atoms with Crippen LogP contribution in [0.25, 0.3) is 0 Å². The molecule has 1 N–H and O–H groups in total. The van der Waals surface area contributed by atoms with Crippen LogP contribution in [0.5, 0.6) is 0 Å². The number of nitrogens with zero attached hydrogens (tertiary/aromatic N) is 1. The van der Waals surface area contributed by atoms with Crippen molar-refractivity contribution in [3.05, 3.63) is 29.8 Å². The second-order valence-electron chi connectivity index (χ2n) is 4.57. The van der Waals surface area contributed by atoms with Crippen molar-refractivity contribution in [2.75, 3.05) is 25.5 Å². The van der Waals surface area contributed by atoms with Gasteiger partial charge in [0.05, 0.1) is 12.1 Å². The zero-order valence-electron chi connectivity index (χ0n) is 11.6. The number of halogens is 3. The Balaban J connectivity index is 2.64. The lowest BCUT2D eigenvalue weighted by atomic mass is 10.1. The minimum atomic E-state index is -4.43. The summed E-state index contributed by atoms with van der Waals surface area (Å²) in [6, 6.07) is 5.14. The van der Waals surface area contributed by atoms with Gasteiger partial charge in [0.15, 0.2) is 0 Å². The van der Waals surface area contributed by atoms with Crippen LogP contribution in [0.3, 0.4) is 0 Å². The Morgan fingerprint density at radius 2 is 1.95 bits per heavy atom. The topological polar surface area (TPSA) is 32.3 Å². The summed E-state index contributed by atoms with van der Waals surface area (Å²) in [6.07, 6.45) is -2.59. The zero-order valence-corrected chi connectivity index (χ0v) is 11.6. The summed E-state index contributed by atoms with van der Waals surface area (Å²) in [5.41, 5.74) is -0.832. The van der Waals surface area contributed by atoms with Crippen LogP contribution in [0.1, 0.15) is 25.3 Å². The molecule has 0 radical (unpaired) electrons. The lowest BCUT2D eigenvalue weighted by Gasteiger charge is -2.19. The van der Waals surface area contributed by atoms with Gasteiger partial charge >= 0.3 is 6.18 Å². The molecule has 3 nitrogen and oxygen atoms in total. The first-order chi connectivity index (χ1) is 9.36. The number of unbranched alkanes of at least 4 members (excludes halogenated alkanes) is 1. The standard InChI is InChI=1S/C14H19F3N2O/c1-3-4-9-19(2)13(20)10-18-12-8-6-5-7-11(12)14(15,16)17/h5-8,18H,3-4,9-10H2,1-2H3. The molecule has 0 bridgehead atoms. The van der Waals surface area contributed by atoms with Crippen LogP contribution in [-0.2, 0) is 11.0 Å². The van der Waals surface area contributed by atoms with E-state index >= 15 is 0 Å². The quantitative estimate of drug-likeness (QED) is 0.870. The molecule has 0 spiro atoms. The van der Waals surface area contributed by atoms with Gasteiger partial charge in [0, 0.05) is 19.3 Å². The normalized spacial score (nSPS) is 11.2. The highest BCUT2D eigenvalue weighted by molar-refractivity contribution is 5.80. The highest BCUT2D eigenvalue weighted by Crippen LogP contribution is 2.34. The van der Waals surface area contributed by atoms with Gasteiger partial charge < -0.3 is 10.2 Å². The molecule has 0 aliphatic rings.